The first kappa shape index (κ1) is 11.0. The standard InChI is InChI=1S/C11H18N2O/c1-4-13(9(2)3)8-10-11(14)6-5-7-12-10/h5-7,9,14H,4,8H2,1-3H3. The maximum Gasteiger partial charge on any atom is 0.138 e. The van der Waals surface area contributed by atoms with Gasteiger partial charge in [-0.1, -0.05) is 6.92 Å². The monoisotopic (exact) mass is 194 g/mol. The summed E-state index contributed by atoms with van der Waals surface area (Å²) in [6.45, 7) is 8.07. The molecule has 1 aromatic heterocycles. The van der Waals surface area contributed by atoms with E-state index in [0.29, 0.717) is 12.6 Å². The van der Waals surface area contributed by atoms with Crippen LogP contribution in [-0.2, 0) is 6.54 Å². The molecule has 0 spiro atoms. The van der Waals surface area contributed by atoms with Gasteiger partial charge in [-0.3, -0.25) is 9.88 Å². The van der Waals surface area contributed by atoms with Crippen molar-refractivity contribution in [2.45, 2.75) is 33.4 Å². The molecule has 0 aromatic carbocycles. The van der Waals surface area contributed by atoms with E-state index in [0.717, 1.165) is 12.2 Å². The van der Waals surface area contributed by atoms with Crippen LogP contribution in [0, 0.1) is 0 Å². The summed E-state index contributed by atoms with van der Waals surface area (Å²) in [5, 5.41) is 9.55. The number of rotatable bonds is 4. The second-order valence-electron chi connectivity index (χ2n) is 3.63. The second-order valence-corrected chi connectivity index (χ2v) is 3.63. The highest BCUT2D eigenvalue weighted by molar-refractivity contribution is 5.24. The average Bonchev–Trinajstić information content (AvgIpc) is 2.16. The normalized spacial score (nSPS) is 11.2. The SMILES string of the molecule is CCN(Cc1ncccc1O)C(C)C. The molecule has 0 atom stereocenters. The fourth-order valence-corrected chi connectivity index (χ4v) is 1.40. The first-order chi connectivity index (χ1) is 6.65. The molecule has 0 aliphatic rings. The Morgan fingerprint density at radius 1 is 1.50 bits per heavy atom. The van der Waals surface area contributed by atoms with Gasteiger partial charge in [-0.05, 0) is 32.5 Å². The fraction of sp³-hybridized carbons (Fsp3) is 0.545. The lowest BCUT2D eigenvalue weighted by atomic mass is 10.2. The van der Waals surface area contributed by atoms with E-state index in [1.165, 1.54) is 0 Å². The zero-order valence-electron chi connectivity index (χ0n) is 9.07. The Kier molecular flexibility index (Phi) is 3.89. The lowest BCUT2D eigenvalue weighted by Crippen LogP contribution is -2.30. The zero-order valence-corrected chi connectivity index (χ0v) is 9.07. The lowest BCUT2D eigenvalue weighted by Gasteiger charge is -2.24. The third kappa shape index (κ3) is 2.70. The second kappa shape index (κ2) is 4.96. The van der Waals surface area contributed by atoms with Crippen LogP contribution < -0.4 is 0 Å². The van der Waals surface area contributed by atoms with Gasteiger partial charge in [0.2, 0.25) is 0 Å². The van der Waals surface area contributed by atoms with Crippen LogP contribution in [0.15, 0.2) is 18.3 Å². The van der Waals surface area contributed by atoms with E-state index in [1.54, 1.807) is 18.3 Å². The number of hydrogen-bond donors (Lipinski definition) is 1. The van der Waals surface area contributed by atoms with Crippen molar-refractivity contribution in [3.8, 4) is 5.75 Å². The van der Waals surface area contributed by atoms with Crippen LogP contribution in [0.25, 0.3) is 0 Å². The molecular weight excluding hydrogens is 176 g/mol. The van der Waals surface area contributed by atoms with Gasteiger partial charge < -0.3 is 5.11 Å². The molecule has 1 rings (SSSR count). The lowest BCUT2D eigenvalue weighted by molar-refractivity contribution is 0.219. The third-order valence-corrected chi connectivity index (χ3v) is 2.36. The van der Waals surface area contributed by atoms with Gasteiger partial charge in [-0.25, -0.2) is 0 Å². The Balaban J connectivity index is 2.72. The van der Waals surface area contributed by atoms with Crippen LogP contribution in [0.3, 0.4) is 0 Å². The van der Waals surface area contributed by atoms with Crippen LogP contribution in [0.5, 0.6) is 5.75 Å². The summed E-state index contributed by atoms with van der Waals surface area (Å²) < 4.78 is 0. The van der Waals surface area contributed by atoms with Gasteiger partial charge in [-0.15, -0.1) is 0 Å². The van der Waals surface area contributed by atoms with E-state index in [-0.39, 0.29) is 5.75 Å². The summed E-state index contributed by atoms with van der Waals surface area (Å²) in [6.07, 6.45) is 1.71. The number of pyridine rings is 1. The molecule has 0 saturated heterocycles. The van der Waals surface area contributed by atoms with E-state index in [1.807, 2.05) is 0 Å². The smallest absolute Gasteiger partial charge is 0.138 e. The van der Waals surface area contributed by atoms with Crippen LogP contribution in [0.4, 0.5) is 0 Å². The van der Waals surface area contributed by atoms with Crippen molar-refractivity contribution >= 4 is 0 Å². The van der Waals surface area contributed by atoms with Gasteiger partial charge >= 0.3 is 0 Å². The largest absolute Gasteiger partial charge is 0.506 e. The summed E-state index contributed by atoms with van der Waals surface area (Å²) in [4.78, 5) is 6.41. The number of hydrogen-bond acceptors (Lipinski definition) is 3. The minimum atomic E-state index is 0.284. The van der Waals surface area contributed by atoms with Gasteiger partial charge in [0.25, 0.3) is 0 Å². The van der Waals surface area contributed by atoms with E-state index in [9.17, 15) is 5.11 Å². The van der Waals surface area contributed by atoms with Crippen molar-refractivity contribution in [3.63, 3.8) is 0 Å². The van der Waals surface area contributed by atoms with Crippen molar-refractivity contribution in [3.05, 3.63) is 24.0 Å². The predicted molar refractivity (Wildman–Crippen MR) is 57.1 cm³/mol. The third-order valence-electron chi connectivity index (χ3n) is 2.36. The molecule has 3 nitrogen and oxygen atoms in total. The van der Waals surface area contributed by atoms with E-state index in [2.05, 4.69) is 30.7 Å². The minimum Gasteiger partial charge on any atom is -0.506 e. The molecule has 1 aromatic rings. The molecule has 0 fully saturated rings. The van der Waals surface area contributed by atoms with Crippen LogP contribution in [0.2, 0.25) is 0 Å². The Morgan fingerprint density at radius 2 is 2.21 bits per heavy atom. The van der Waals surface area contributed by atoms with E-state index < -0.39 is 0 Å². The molecule has 0 radical (unpaired) electrons. The zero-order chi connectivity index (χ0) is 10.6. The van der Waals surface area contributed by atoms with Crippen molar-refractivity contribution in [1.82, 2.24) is 9.88 Å². The molecular formula is C11H18N2O. The van der Waals surface area contributed by atoms with Crippen molar-refractivity contribution in [1.29, 1.82) is 0 Å². The van der Waals surface area contributed by atoms with Gasteiger partial charge in [0, 0.05) is 18.8 Å². The first-order valence-electron chi connectivity index (χ1n) is 5.02. The number of aromatic nitrogens is 1. The van der Waals surface area contributed by atoms with Gasteiger partial charge in [0.1, 0.15) is 5.75 Å². The van der Waals surface area contributed by atoms with Gasteiger partial charge in [-0.2, -0.15) is 0 Å². The molecule has 0 saturated carbocycles. The van der Waals surface area contributed by atoms with Crippen LogP contribution in [0.1, 0.15) is 26.5 Å². The first-order valence-corrected chi connectivity index (χ1v) is 5.02. The number of aromatic hydroxyl groups is 1. The van der Waals surface area contributed by atoms with Crippen LogP contribution >= 0.6 is 0 Å². The molecule has 1 heterocycles. The summed E-state index contributed by atoms with van der Waals surface area (Å²) in [7, 11) is 0. The molecule has 0 amide bonds. The highest BCUT2D eigenvalue weighted by Gasteiger charge is 2.10. The molecule has 1 N–H and O–H groups in total. The van der Waals surface area contributed by atoms with E-state index in [4.69, 9.17) is 0 Å². The molecule has 0 aliphatic carbocycles. The molecule has 0 aliphatic heterocycles. The molecule has 78 valence electrons. The molecule has 0 bridgehead atoms. The quantitative estimate of drug-likeness (QED) is 0.796. The molecule has 3 heteroatoms. The minimum absolute atomic E-state index is 0.284. The predicted octanol–water partition coefficient (Wildman–Crippen LogP) is 2.02. The van der Waals surface area contributed by atoms with Gasteiger partial charge in [0.15, 0.2) is 0 Å². The Hall–Kier alpha value is -1.09. The van der Waals surface area contributed by atoms with Crippen LogP contribution in [-0.4, -0.2) is 27.6 Å². The summed E-state index contributed by atoms with van der Waals surface area (Å²) in [5.74, 6) is 0.284. The van der Waals surface area contributed by atoms with Crippen molar-refractivity contribution < 1.29 is 5.11 Å². The average molecular weight is 194 g/mol. The molecule has 14 heavy (non-hydrogen) atoms. The highest BCUT2D eigenvalue weighted by atomic mass is 16.3. The maximum atomic E-state index is 9.55. The topological polar surface area (TPSA) is 36.4 Å². The fourth-order valence-electron chi connectivity index (χ4n) is 1.40. The summed E-state index contributed by atoms with van der Waals surface area (Å²) in [5.41, 5.74) is 0.753. The molecule has 0 unspecified atom stereocenters. The Bertz CT molecular complexity index is 286. The van der Waals surface area contributed by atoms with Crippen molar-refractivity contribution in [2.24, 2.45) is 0 Å². The summed E-state index contributed by atoms with van der Waals surface area (Å²) in [6, 6.07) is 3.89. The van der Waals surface area contributed by atoms with Crippen molar-refractivity contribution in [2.75, 3.05) is 6.54 Å². The summed E-state index contributed by atoms with van der Waals surface area (Å²) >= 11 is 0. The Morgan fingerprint density at radius 3 is 2.71 bits per heavy atom. The number of nitrogens with zero attached hydrogens (tertiary/aromatic N) is 2. The van der Waals surface area contributed by atoms with Gasteiger partial charge in [0.05, 0.1) is 5.69 Å². The Labute approximate surface area is 85.4 Å². The maximum absolute atomic E-state index is 9.55. The van der Waals surface area contributed by atoms with E-state index >= 15 is 0 Å². The highest BCUT2D eigenvalue weighted by Crippen LogP contribution is 2.15.